The molecule has 6 nitrogen and oxygen atoms in total. The SMILES string of the molecule is N=C(N)c1ccc(-c2cnc(C(Cc3ccccc3)C(=O)Nc3ccccc3)[nH]2)cc1. The fraction of sp³-hybridized carbons (Fsp3) is 0.0800. The average Bonchev–Trinajstić information content (AvgIpc) is 3.29. The van der Waals surface area contributed by atoms with Crippen molar-refractivity contribution in [1.82, 2.24) is 9.97 Å². The summed E-state index contributed by atoms with van der Waals surface area (Å²) >= 11 is 0. The molecule has 1 aromatic heterocycles. The van der Waals surface area contributed by atoms with Gasteiger partial charge in [0, 0.05) is 11.3 Å². The number of nitrogens with two attached hydrogens (primary N) is 1. The third-order valence-electron chi connectivity index (χ3n) is 5.07. The van der Waals surface area contributed by atoms with Crippen molar-refractivity contribution in [1.29, 1.82) is 5.41 Å². The summed E-state index contributed by atoms with van der Waals surface area (Å²) in [6.45, 7) is 0. The number of amides is 1. The molecule has 31 heavy (non-hydrogen) atoms. The maximum Gasteiger partial charge on any atom is 0.235 e. The quantitative estimate of drug-likeness (QED) is 0.270. The number of amidine groups is 1. The van der Waals surface area contributed by atoms with Crippen molar-refractivity contribution >= 4 is 17.4 Å². The number of benzene rings is 3. The normalized spacial score (nSPS) is 11.6. The van der Waals surface area contributed by atoms with Crippen molar-refractivity contribution in [2.45, 2.75) is 12.3 Å². The van der Waals surface area contributed by atoms with E-state index in [0.717, 1.165) is 22.5 Å². The van der Waals surface area contributed by atoms with Crippen molar-refractivity contribution in [3.05, 3.63) is 108 Å². The topological polar surface area (TPSA) is 108 Å². The van der Waals surface area contributed by atoms with Crippen LogP contribution >= 0.6 is 0 Å². The standard InChI is InChI=1S/C25H23N5O/c26-23(27)19-13-11-18(12-14-19)22-16-28-24(30-22)21(15-17-7-3-1-4-8-17)25(31)29-20-9-5-2-6-10-20/h1-14,16,21H,15H2,(H3,26,27)(H,28,30)(H,29,31). The summed E-state index contributed by atoms with van der Waals surface area (Å²) in [7, 11) is 0. The van der Waals surface area contributed by atoms with E-state index in [1.807, 2.05) is 72.8 Å². The molecule has 0 bridgehead atoms. The van der Waals surface area contributed by atoms with Crippen LogP contribution in [0.5, 0.6) is 0 Å². The number of aromatic amines is 1. The molecule has 0 aliphatic heterocycles. The van der Waals surface area contributed by atoms with E-state index in [1.54, 1.807) is 18.3 Å². The predicted molar refractivity (Wildman–Crippen MR) is 123 cm³/mol. The number of carbonyl (C=O) groups is 1. The molecule has 0 saturated heterocycles. The van der Waals surface area contributed by atoms with E-state index in [-0.39, 0.29) is 11.7 Å². The highest BCUT2D eigenvalue weighted by molar-refractivity contribution is 5.96. The number of hydrogen-bond acceptors (Lipinski definition) is 3. The zero-order chi connectivity index (χ0) is 21.6. The molecule has 0 aliphatic rings. The lowest BCUT2D eigenvalue weighted by Gasteiger charge is -2.15. The summed E-state index contributed by atoms with van der Waals surface area (Å²) in [5, 5.41) is 10.5. The van der Waals surface area contributed by atoms with Gasteiger partial charge >= 0.3 is 0 Å². The molecule has 1 atom stereocenters. The lowest BCUT2D eigenvalue weighted by atomic mass is 9.97. The van der Waals surface area contributed by atoms with E-state index >= 15 is 0 Å². The third-order valence-corrected chi connectivity index (χ3v) is 5.07. The first-order valence-electron chi connectivity index (χ1n) is 10.00. The van der Waals surface area contributed by atoms with Crippen molar-refractivity contribution in [2.24, 2.45) is 5.73 Å². The van der Waals surface area contributed by atoms with E-state index in [1.165, 1.54) is 0 Å². The van der Waals surface area contributed by atoms with E-state index in [4.69, 9.17) is 11.1 Å². The molecule has 0 fully saturated rings. The van der Waals surface area contributed by atoms with Crippen molar-refractivity contribution in [3.8, 4) is 11.3 Å². The molecule has 1 amide bonds. The molecule has 1 heterocycles. The van der Waals surface area contributed by atoms with Crippen LogP contribution in [0.25, 0.3) is 11.3 Å². The van der Waals surface area contributed by atoms with Gasteiger partial charge in [0.25, 0.3) is 0 Å². The van der Waals surface area contributed by atoms with E-state index in [9.17, 15) is 4.79 Å². The van der Waals surface area contributed by atoms with Crippen LogP contribution in [0.3, 0.4) is 0 Å². The summed E-state index contributed by atoms with van der Waals surface area (Å²) < 4.78 is 0. The predicted octanol–water partition coefficient (Wildman–Crippen LogP) is 4.33. The second kappa shape index (κ2) is 9.09. The Balaban J connectivity index is 1.61. The van der Waals surface area contributed by atoms with Crippen LogP contribution in [0.15, 0.2) is 91.1 Å². The van der Waals surface area contributed by atoms with Gasteiger partial charge in [-0.15, -0.1) is 0 Å². The Labute approximate surface area is 180 Å². The molecule has 6 heteroatoms. The number of anilines is 1. The Kier molecular flexibility index (Phi) is 5.89. The molecular formula is C25H23N5O. The molecule has 0 radical (unpaired) electrons. The number of H-pyrrole nitrogens is 1. The van der Waals surface area contributed by atoms with Gasteiger partial charge in [0.15, 0.2) is 0 Å². The van der Waals surface area contributed by atoms with E-state index in [0.29, 0.717) is 17.8 Å². The van der Waals surface area contributed by atoms with Crippen LogP contribution in [-0.4, -0.2) is 21.7 Å². The van der Waals surface area contributed by atoms with Gasteiger partial charge in [-0.3, -0.25) is 10.2 Å². The zero-order valence-corrected chi connectivity index (χ0v) is 16.9. The summed E-state index contributed by atoms with van der Waals surface area (Å²) in [6, 6.07) is 26.7. The first-order valence-corrected chi connectivity index (χ1v) is 10.00. The van der Waals surface area contributed by atoms with Crippen LogP contribution in [0.1, 0.15) is 22.9 Å². The molecule has 0 saturated carbocycles. The molecule has 4 aromatic rings. The average molecular weight is 409 g/mol. The van der Waals surface area contributed by atoms with E-state index in [2.05, 4.69) is 15.3 Å². The number of imidazole rings is 1. The van der Waals surface area contributed by atoms with Crippen LogP contribution in [0.2, 0.25) is 0 Å². The van der Waals surface area contributed by atoms with Gasteiger partial charge in [0.1, 0.15) is 17.6 Å². The summed E-state index contributed by atoms with van der Waals surface area (Å²) in [5.41, 5.74) is 9.71. The highest BCUT2D eigenvalue weighted by Crippen LogP contribution is 2.25. The molecule has 5 N–H and O–H groups in total. The molecule has 0 aliphatic carbocycles. The van der Waals surface area contributed by atoms with Crippen LogP contribution < -0.4 is 11.1 Å². The van der Waals surface area contributed by atoms with Gasteiger partial charge in [0.2, 0.25) is 5.91 Å². The van der Waals surface area contributed by atoms with Gasteiger partial charge in [-0.05, 0) is 29.7 Å². The first kappa shape index (κ1) is 20.1. The number of nitrogen functional groups attached to an aromatic ring is 1. The van der Waals surface area contributed by atoms with Gasteiger partial charge in [-0.2, -0.15) is 0 Å². The largest absolute Gasteiger partial charge is 0.384 e. The summed E-state index contributed by atoms with van der Waals surface area (Å²) in [4.78, 5) is 21.0. The Hall–Kier alpha value is -4.19. The Morgan fingerprint density at radius 2 is 1.61 bits per heavy atom. The maximum atomic E-state index is 13.2. The minimum atomic E-state index is -0.479. The summed E-state index contributed by atoms with van der Waals surface area (Å²) in [5.74, 6) is 0.0241. The molecule has 154 valence electrons. The van der Waals surface area contributed by atoms with Gasteiger partial charge < -0.3 is 16.0 Å². The number of aromatic nitrogens is 2. The smallest absolute Gasteiger partial charge is 0.235 e. The number of nitrogens with zero attached hydrogens (tertiary/aromatic N) is 1. The second-order valence-corrected chi connectivity index (χ2v) is 7.27. The van der Waals surface area contributed by atoms with Gasteiger partial charge in [0.05, 0.1) is 11.9 Å². The third kappa shape index (κ3) is 4.87. The van der Waals surface area contributed by atoms with Crippen molar-refractivity contribution in [2.75, 3.05) is 5.32 Å². The minimum Gasteiger partial charge on any atom is -0.384 e. The Bertz CT molecular complexity index is 1170. The van der Waals surface area contributed by atoms with Crippen molar-refractivity contribution in [3.63, 3.8) is 0 Å². The number of nitrogens with one attached hydrogen (secondary N) is 3. The first-order chi connectivity index (χ1) is 15.1. The maximum absolute atomic E-state index is 13.2. The fourth-order valence-electron chi connectivity index (χ4n) is 3.40. The van der Waals surface area contributed by atoms with Crippen LogP contribution in [0, 0.1) is 5.41 Å². The Morgan fingerprint density at radius 3 is 2.26 bits per heavy atom. The van der Waals surface area contributed by atoms with Crippen molar-refractivity contribution < 1.29 is 4.79 Å². The lowest BCUT2D eigenvalue weighted by molar-refractivity contribution is -0.117. The lowest BCUT2D eigenvalue weighted by Crippen LogP contribution is -2.24. The van der Waals surface area contributed by atoms with E-state index < -0.39 is 5.92 Å². The molecule has 1 unspecified atom stereocenters. The minimum absolute atomic E-state index is 0.0253. The Morgan fingerprint density at radius 1 is 0.968 bits per heavy atom. The fourth-order valence-corrected chi connectivity index (χ4v) is 3.40. The second-order valence-electron chi connectivity index (χ2n) is 7.27. The highest BCUT2D eigenvalue weighted by atomic mass is 16.1. The molecule has 4 rings (SSSR count). The molecule has 3 aromatic carbocycles. The zero-order valence-electron chi connectivity index (χ0n) is 16.9. The summed E-state index contributed by atoms with van der Waals surface area (Å²) in [6.07, 6.45) is 2.25. The van der Waals surface area contributed by atoms with Gasteiger partial charge in [-0.25, -0.2) is 4.98 Å². The molecular weight excluding hydrogens is 386 g/mol. The number of carbonyl (C=O) groups excluding carboxylic acids is 1. The number of rotatable bonds is 7. The monoisotopic (exact) mass is 409 g/mol. The van der Waals surface area contributed by atoms with Crippen LogP contribution in [-0.2, 0) is 11.2 Å². The number of para-hydroxylation sites is 1. The number of hydrogen-bond donors (Lipinski definition) is 4. The van der Waals surface area contributed by atoms with Gasteiger partial charge in [-0.1, -0.05) is 72.8 Å². The van der Waals surface area contributed by atoms with Crippen LogP contribution in [0.4, 0.5) is 5.69 Å². The highest BCUT2D eigenvalue weighted by Gasteiger charge is 2.24. The molecule has 0 spiro atoms.